The molecule has 3 aromatic rings. The van der Waals surface area contributed by atoms with Crippen molar-refractivity contribution in [2.24, 2.45) is 0 Å². The van der Waals surface area contributed by atoms with Crippen molar-refractivity contribution in [3.8, 4) is 0 Å². The number of rotatable bonds is 5. The van der Waals surface area contributed by atoms with Gasteiger partial charge in [0.2, 0.25) is 10.0 Å². The summed E-state index contributed by atoms with van der Waals surface area (Å²) in [7, 11) is -3.40. The Labute approximate surface area is 163 Å². The summed E-state index contributed by atoms with van der Waals surface area (Å²) in [4.78, 5) is 15.0. The minimum atomic E-state index is -3.40. The van der Waals surface area contributed by atoms with E-state index in [1.807, 2.05) is 28.8 Å². The minimum Gasteiger partial charge on any atom is -0.328 e. The Morgan fingerprint density at radius 1 is 1.21 bits per heavy atom. The average Bonchev–Trinajstić information content (AvgIpc) is 3.34. The van der Waals surface area contributed by atoms with Crippen molar-refractivity contribution in [2.75, 3.05) is 17.0 Å². The van der Waals surface area contributed by atoms with Crippen LogP contribution in [0.1, 0.15) is 42.0 Å². The van der Waals surface area contributed by atoms with Gasteiger partial charge in [0.25, 0.3) is 5.91 Å². The lowest BCUT2D eigenvalue weighted by Crippen LogP contribution is -2.31. The van der Waals surface area contributed by atoms with Crippen molar-refractivity contribution in [1.82, 2.24) is 19.5 Å². The second kappa shape index (κ2) is 7.23. The number of hydrogen-bond acceptors (Lipinski definition) is 5. The summed E-state index contributed by atoms with van der Waals surface area (Å²) in [6.45, 7) is 2.19. The van der Waals surface area contributed by atoms with E-state index in [4.69, 9.17) is 0 Å². The zero-order valence-corrected chi connectivity index (χ0v) is 16.3. The first-order valence-corrected chi connectivity index (χ1v) is 10.8. The first kappa shape index (κ1) is 18.4. The molecule has 8 nitrogen and oxygen atoms in total. The van der Waals surface area contributed by atoms with E-state index in [2.05, 4.69) is 14.9 Å². The lowest BCUT2D eigenvalue weighted by molar-refractivity contribution is 0.0729. The molecule has 0 aliphatic carbocycles. The van der Waals surface area contributed by atoms with Gasteiger partial charge in [-0.05, 0) is 50.1 Å². The molecule has 1 fully saturated rings. The number of sulfonamides is 1. The Morgan fingerprint density at radius 2 is 2.07 bits per heavy atom. The number of likely N-dealkylation sites (tertiary alicyclic amines) is 1. The highest BCUT2D eigenvalue weighted by Crippen LogP contribution is 2.32. The number of pyridine rings is 1. The number of nitrogens with one attached hydrogen (secondary N) is 1. The van der Waals surface area contributed by atoms with Gasteiger partial charge in [-0.1, -0.05) is 12.1 Å². The fourth-order valence-electron chi connectivity index (χ4n) is 3.50. The molecule has 28 heavy (non-hydrogen) atoms. The Balaban J connectivity index is 1.62. The van der Waals surface area contributed by atoms with Crippen LogP contribution in [0.2, 0.25) is 0 Å². The Morgan fingerprint density at radius 3 is 2.89 bits per heavy atom. The van der Waals surface area contributed by atoms with Gasteiger partial charge >= 0.3 is 0 Å². The van der Waals surface area contributed by atoms with Gasteiger partial charge in [-0.2, -0.15) is 0 Å². The highest BCUT2D eigenvalue weighted by molar-refractivity contribution is 7.92. The van der Waals surface area contributed by atoms with Crippen LogP contribution in [0.15, 0.2) is 48.7 Å². The van der Waals surface area contributed by atoms with E-state index in [-0.39, 0.29) is 17.7 Å². The molecule has 1 unspecified atom stereocenters. The van der Waals surface area contributed by atoms with Crippen LogP contribution < -0.4 is 4.72 Å². The molecule has 0 radical (unpaired) electrons. The highest BCUT2D eigenvalue weighted by Gasteiger charge is 2.33. The maximum absolute atomic E-state index is 13.2. The molecule has 3 heterocycles. The first-order valence-electron chi connectivity index (χ1n) is 9.19. The molecule has 2 aromatic heterocycles. The third kappa shape index (κ3) is 3.45. The zero-order chi connectivity index (χ0) is 19.7. The fraction of sp³-hybridized carbons (Fsp3) is 0.316. The van der Waals surface area contributed by atoms with Crippen LogP contribution >= 0.6 is 0 Å². The lowest BCUT2D eigenvalue weighted by atomic mass is 10.1. The Kier molecular flexibility index (Phi) is 4.76. The van der Waals surface area contributed by atoms with Gasteiger partial charge < -0.3 is 4.90 Å². The van der Waals surface area contributed by atoms with Gasteiger partial charge in [0.1, 0.15) is 0 Å². The Hall–Kier alpha value is -2.94. The fourth-order valence-corrected chi connectivity index (χ4v) is 4.13. The van der Waals surface area contributed by atoms with Gasteiger partial charge in [-0.25, -0.2) is 8.42 Å². The molecule has 1 atom stereocenters. The monoisotopic (exact) mass is 399 g/mol. The van der Waals surface area contributed by atoms with Crippen molar-refractivity contribution in [1.29, 1.82) is 0 Å². The molecule has 1 aromatic carbocycles. The largest absolute Gasteiger partial charge is 0.328 e. The molecule has 4 rings (SSSR count). The third-order valence-electron chi connectivity index (χ3n) is 4.91. The van der Waals surface area contributed by atoms with Gasteiger partial charge in [0.05, 0.1) is 11.8 Å². The van der Waals surface area contributed by atoms with E-state index in [0.29, 0.717) is 17.8 Å². The summed E-state index contributed by atoms with van der Waals surface area (Å²) < 4.78 is 28.0. The van der Waals surface area contributed by atoms with E-state index in [0.717, 1.165) is 24.3 Å². The quantitative estimate of drug-likeness (QED) is 0.711. The summed E-state index contributed by atoms with van der Waals surface area (Å²) in [5.74, 6) is 0.566. The van der Waals surface area contributed by atoms with Crippen LogP contribution in [0.25, 0.3) is 5.65 Å². The van der Waals surface area contributed by atoms with Gasteiger partial charge in [-0.3, -0.25) is 13.9 Å². The maximum Gasteiger partial charge on any atom is 0.254 e. The summed E-state index contributed by atoms with van der Waals surface area (Å²) in [6.07, 6.45) is 3.58. The van der Waals surface area contributed by atoms with Crippen molar-refractivity contribution >= 4 is 27.3 Å². The van der Waals surface area contributed by atoms with Crippen molar-refractivity contribution in [3.05, 3.63) is 60.0 Å². The number of anilines is 1. The minimum absolute atomic E-state index is 0.0284. The van der Waals surface area contributed by atoms with Crippen LogP contribution in [0.3, 0.4) is 0 Å². The molecule has 1 aliphatic rings. The molecule has 1 N–H and O–H groups in total. The van der Waals surface area contributed by atoms with Crippen molar-refractivity contribution < 1.29 is 13.2 Å². The normalized spacial score (nSPS) is 17.2. The summed E-state index contributed by atoms with van der Waals surface area (Å²) in [5.41, 5.74) is 1.57. The molecule has 1 saturated heterocycles. The number of hydrogen-bond donors (Lipinski definition) is 1. The van der Waals surface area contributed by atoms with E-state index in [1.165, 1.54) is 0 Å². The SMILES string of the molecule is CCS(=O)(=O)Nc1cccc(C(=O)N2CCCC2c2nnc3ccccn23)c1. The summed E-state index contributed by atoms with van der Waals surface area (Å²) in [6, 6.07) is 12.1. The van der Waals surface area contributed by atoms with Crippen molar-refractivity contribution in [2.45, 2.75) is 25.8 Å². The highest BCUT2D eigenvalue weighted by atomic mass is 32.2. The predicted molar refractivity (Wildman–Crippen MR) is 106 cm³/mol. The predicted octanol–water partition coefficient (Wildman–Crippen LogP) is 2.47. The molecular weight excluding hydrogens is 378 g/mol. The number of aromatic nitrogens is 3. The van der Waals surface area contributed by atoms with Crippen LogP contribution in [0, 0.1) is 0 Å². The molecule has 146 valence electrons. The Bertz CT molecular complexity index is 1130. The zero-order valence-electron chi connectivity index (χ0n) is 15.4. The standard InChI is InChI=1S/C19H21N5O3S/c1-2-28(26,27)22-15-8-5-7-14(13-15)19(25)23-12-6-9-16(23)18-21-20-17-10-3-4-11-24(17)18/h3-5,7-8,10-11,13,16,22H,2,6,9,12H2,1H3. The second-order valence-electron chi connectivity index (χ2n) is 6.73. The summed E-state index contributed by atoms with van der Waals surface area (Å²) >= 11 is 0. The number of benzene rings is 1. The number of fused-ring (bicyclic) bond motifs is 1. The van der Waals surface area contributed by atoms with Crippen LogP contribution in [0.5, 0.6) is 0 Å². The first-order chi connectivity index (χ1) is 13.5. The van der Waals surface area contributed by atoms with Gasteiger partial charge in [-0.15, -0.1) is 10.2 Å². The van der Waals surface area contributed by atoms with E-state index in [1.54, 1.807) is 36.1 Å². The topological polar surface area (TPSA) is 96.7 Å². The number of amides is 1. The van der Waals surface area contributed by atoms with Crippen LogP contribution in [0.4, 0.5) is 5.69 Å². The van der Waals surface area contributed by atoms with E-state index in [9.17, 15) is 13.2 Å². The van der Waals surface area contributed by atoms with E-state index >= 15 is 0 Å². The molecule has 0 bridgehead atoms. The van der Waals surface area contributed by atoms with Gasteiger partial charge in [0, 0.05) is 24.0 Å². The van der Waals surface area contributed by atoms with Gasteiger partial charge in [0.15, 0.2) is 11.5 Å². The number of carbonyl (C=O) groups excluding carboxylic acids is 1. The van der Waals surface area contributed by atoms with Crippen LogP contribution in [-0.4, -0.2) is 46.1 Å². The lowest BCUT2D eigenvalue weighted by Gasteiger charge is -2.24. The smallest absolute Gasteiger partial charge is 0.254 e. The molecule has 1 aliphatic heterocycles. The molecular formula is C19H21N5O3S. The number of nitrogens with zero attached hydrogens (tertiary/aromatic N) is 4. The molecule has 0 saturated carbocycles. The molecule has 0 spiro atoms. The molecule has 1 amide bonds. The van der Waals surface area contributed by atoms with Crippen LogP contribution in [-0.2, 0) is 10.0 Å². The summed E-state index contributed by atoms with van der Waals surface area (Å²) in [5, 5.41) is 8.50. The number of carbonyl (C=O) groups is 1. The van der Waals surface area contributed by atoms with Crippen molar-refractivity contribution in [3.63, 3.8) is 0 Å². The second-order valence-corrected chi connectivity index (χ2v) is 8.74. The van der Waals surface area contributed by atoms with E-state index < -0.39 is 10.0 Å². The maximum atomic E-state index is 13.2. The average molecular weight is 399 g/mol. The third-order valence-corrected chi connectivity index (χ3v) is 6.22. The molecule has 9 heteroatoms.